The molecule has 1 aromatic carbocycles. The molecule has 0 saturated heterocycles. The lowest BCUT2D eigenvalue weighted by Gasteiger charge is -2.21. The maximum atomic E-state index is 12.8. The highest BCUT2D eigenvalue weighted by Gasteiger charge is 2.24. The summed E-state index contributed by atoms with van der Waals surface area (Å²) in [5.41, 5.74) is 1.80. The summed E-state index contributed by atoms with van der Waals surface area (Å²) in [5.74, 6) is -0.211. The average molecular weight is 451 g/mol. The zero-order valence-corrected chi connectivity index (χ0v) is 18.0. The first kappa shape index (κ1) is 19.9. The van der Waals surface area contributed by atoms with Crippen LogP contribution in [0.15, 0.2) is 58.8 Å². The zero-order chi connectivity index (χ0) is 20.4. The number of imidazole rings is 1. The van der Waals surface area contributed by atoms with Gasteiger partial charge in [-0.15, -0.1) is 0 Å². The minimum absolute atomic E-state index is 0.0440. The summed E-state index contributed by atoms with van der Waals surface area (Å²) in [6.07, 6.45) is 7.44. The van der Waals surface area contributed by atoms with Gasteiger partial charge in [0.05, 0.1) is 22.8 Å². The molecule has 3 heterocycles. The molecule has 0 unspecified atom stereocenters. The van der Waals surface area contributed by atoms with Crippen LogP contribution in [0.3, 0.4) is 0 Å². The molecular formula is C19H19ClN4O3S2. The molecule has 0 amide bonds. The summed E-state index contributed by atoms with van der Waals surface area (Å²) in [7, 11) is -3.62. The number of hydrogen-bond acceptors (Lipinski definition) is 7. The number of hydrogen-bond donors (Lipinski definition) is 0. The second-order valence-electron chi connectivity index (χ2n) is 6.66. The van der Waals surface area contributed by atoms with Crippen LogP contribution in [0, 0.1) is 6.92 Å². The largest absolute Gasteiger partial charge is 0.453 e. The van der Waals surface area contributed by atoms with Crippen LogP contribution in [0.2, 0.25) is 5.02 Å². The Morgan fingerprint density at radius 2 is 2.21 bits per heavy atom. The van der Waals surface area contributed by atoms with Gasteiger partial charge in [0, 0.05) is 30.5 Å². The van der Waals surface area contributed by atoms with Crippen LogP contribution < -0.4 is 4.90 Å². The summed E-state index contributed by atoms with van der Waals surface area (Å²) in [6, 6.07) is 6.74. The van der Waals surface area contributed by atoms with Crippen molar-refractivity contribution in [2.75, 3.05) is 17.3 Å². The number of furan rings is 1. The van der Waals surface area contributed by atoms with Crippen LogP contribution in [0.1, 0.15) is 12.0 Å². The molecule has 3 aromatic heterocycles. The molecule has 0 radical (unpaired) electrons. The summed E-state index contributed by atoms with van der Waals surface area (Å²) >= 11 is 7.61. The molecule has 0 fully saturated rings. The fourth-order valence-electron chi connectivity index (χ4n) is 3.07. The smallest absolute Gasteiger partial charge is 0.229 e. The molecule has 0 aliphatic heterocycles. The first-order valence-electron chi connectivity index (χ1n) is 8.96. The van der Waals surface area contributed by atoms with Gasteiger partial charge in [0.15, 0.2) is 5.13 Å². The van der Waals surface area contributed by atoms with Crippen molar-refractivity contribution >= 4 is 48.1 Å². The van der Waals surface area contributed by atoms with Crippen molar-refractivity contribution in [1.82, 2.24) is 14.5 Å². The highest BCUT2D eigenvalue weighted by molar-refractivity contribution is 7.91. The Labute approximate surface area is 177 Å². The molecule has 0 aliphatic rings. The van der Waals surface area contributed by atoms with E-state index in [4.69, 9.17) is 21.0 Å². The van der Waals surface area contributed by atoms with Crippen molar-refractivity contribution in [2.24, 2.45) is 0 Å². The molecule has 0 aliphatic carbocycles. The standard InChI is InChI=1S/C19H19ClN4O3S2/c1-14-10-15(20)11-16-18(14)22-19(28-16)24(7-3-6-23-8-5-21-12-23)13-29(25,26)17-4-2-9-27-17/h2,4-5,8-12H,3,6-7,13H2,1H3. The van der Waals surface area contributed by atoms with E-state index in [0.717, 1.165) is 28.7 Å². The van der Waals surface area contributed by atoms with E-state index in [-0.39, 0.29) is 11.0 Å². The van der Waals surface area contributed by atoms with Crippen LogP contribution in [-0.4, -0.2) is 35.4 Å². The third kappa shape index (κ3) is 4.47. The van der Waals surface area contributed by atoms with Crippen molar-refractivity contribution in [3.63, 3.8) is 0 Å². The number of aryl methyl sites for hydroxylation is 2. The molecular weight excluding hydrogens is 432 g/mol. The van der Waals surface area contributed by atoms with Gasteiger partial charge in [-0.05, 0) is 43.2 Å². The van der Waals surface area contributed by atoms with Crippen molar-refractivity contribution < 1.29 is 12.8 Å². The third-order valence-electron chi connectivity index (χ3n) is 4.44. The maximum absolute atomic E-state index is 12.8. The van der Waals surface area contributed by atoms with Crippen LogP contribution in [0.4, 0.5) is 5.13 Å². The predicted octanol–water partition coefficient (Wildman–Crippen LogP) is 4.38. The van der Waals surface area contributed by atoms with Gasteiger partial charge in [-0.1, -0.05) is 22.9 Å². The van der Waals surface area contributed by atoms with Gasteiger partial charge in [0.25, 0.3) is 0 Å². The van der Waals surface area contributed by atoms with Gasteiger partial charge < -0.3 is 13.9 Å². The molecule has 10 heteroatoms. The lowest BCUT2D eigenvalue weighted by molar-refractivity contribution is 0.449. The Hall–Kier alpha value is -2.36. The molecule has 4 aromatic rings. The first-order chi connectivity index (χ1) is 13.9. The lowest BCUT2D eigenvalue weighted by Crippen LogP contribution is -2.31. The fraction of sp³-hybridized carbons (Fsp3) is 0.263. The van der Waals surface area contributed by atoms with Crippen LogP contribution in [-0.2, 0) is 16.4 Å². The minimum Gasteiger partial charge on any atom is -0.453 e. The highest BCUT2D eigenvalue weighted by Crippen LogP contribution is 2.33. The van der Waals surface area contributed by atoms with Crippen molar-refractivity contribution in [3.8, 4) is 0 Å². The van der Waals surface area contributed by atoms with Crippen LogP contribution in [0.5, 0.6) is 0 Å². The second kappa shape index (κ2) is 8.17. The van der Waals surface area contributed by atoms with E-state index < -0.39 is 9.84 Å². The number of halogens is 1. The molecule has 152 valence electrons. The Kier molecular flexibility index (Phi) is 5.62. The molecule has 29 heavy (non-hydrogen) atoms. The Balaban J connectivity index is 1.63. The molecule has 7 nitrogen and oxygen atoms in total. The van der Waals surface area contributed by atoms with E-state index in [1.807, 2.05) is 29.8 Å². The number of benzene rings is 1. The topological polar surface area (TPSA) is 81.2 Å². The number of sulfone groups is 1. The van der Waals surface area contributed by atoms with Gasteiger partial charge in [-0.3, -0.25) is 0 Å². The zero-order valence-electron chi connectivity index (χ0n) is 15.7. The van der Waals surface area contributed by atoms with E-state index in [9.17, 15) is 8.42 Å². The lowest BCUT2D eigenvalue weighted by atomic mass is 10.2. The number of rotatable bonds is 8. The van der Waals surface area contributed by atoms with Crippen molar-refractivity contribution in [3.05, 3.63) is 59.8 Å². The van der Waals surface area contributed by atoms with Gasteiger partial charge in [0.1, 0.15) is 5.88 Å². The minimum atomic E-state index is -3.62. The first-order valence-corrected chi connectivity index (χ1v) is 11.8. The SMILES string of the molecule is Cc1cc(Cl)cc2sc(N(CCCn3ccnc3)CS(=O)(=O)c3ccco3)nc12. The van der Waals surface area contributed by atoms with E-state index >= 15 is 0 Å². The molecule has 0 saturated carbocycles. The number of anilines is 1. The van der Waals surface area contributed by atoms with Crippen LogP contribution in [0.25, 0.3) is 10.2 Å². The number of nitrogens with zero attached hydrogens (tertiary/aromatic N) is 4. The van der Waals surface area contributed by atoms with E-state index in [1.54, 1.807) is 23.5 Å². The summed E-state index contributed by atoms with van der Waals surface area (Å²) in [4.78, 5) is 10.5. The second-order valence-corrected chi connectivity index (χ2v) is 9.99. The quantitative estimate of drug-likeness (QED) is 0.396. The monoisotopic (exact) mass is 450 g/mol. The summed E-state index contributed by atoms with van der Waals surface area (Å²) in [5, 5.41) is 1.24. The predicted molar refractivity (Wildman–Crippen MR) is 114 cm³/mol. The van der Waals surface area contributed by atoms with E-state index in [2.05, 4.69) is 4.98 Å². The molecule has 0 bridgehead atoms. The van der Waals surface area contributed by atoms with Crippen molar-refractivity contribution in [1.29, 1.82) is 0 Å². The van der Waals surface area contributed by atoms with Crippen molar-refractivity contribution in [2.45, 2.75) is 25.0 Å². The summed E-state index contributed by atoms with van der Waals surface area (Å²) in [6.45, 7) is 3.19. The normalized spacial score (nSPS) is 11.9. The number of thiazole rings is 1. The van der Waals surface area contributed by atoms with E-state index in [0.29, 0.717) is 16.7 Å². The van der Waals surface area contributed by atoms with E-state index in [1.165, 1.54) is 23.7 Å². The maximum Gasteiger partial charge on any atom is 0.229 e. The molecule has 0 atom stereocenters. The van der Waals surface area contributed by atoms with Gasteiger partial charge in [0.2, 0.25) is 14.9 Å². The average Bonchev–Trinajstić information content (AvgIpc) is 3.42. The molecule has 0 N–H and O–H groups in total. The number of fused-ring (bicyclic) bond motifs is 1. The third-order valence-corrected chi connectivity index (χ3v) is 7.22. The van der Waals surface area contributed by atoms with Gasteiger partial charge >= 0.3 is 0 Å². The highest BCUT2D eigenvalue weighted by atomic mass is 35.5. The molecule has 4 rings (SSSR count). The fourth-order valence-corrected chi connectivity index (χ4v) is 5.87. The van der Waals surface area contributed by atoms with Gasteiger partial charge in [-0.2, -0.15) is 0 Å². The summed E-state index contributed by atoms with van der Waals surface area (Å²) < 4.78 is 33.6. The Morgan fingerprint density at radius 3 is 2.93 bits per heavy atom. The number of aromatic nitrogens is 3. The van der Waals surface area contributed by atoms with Crippen LogP contribution >= 0.6 is 22.9 Å². The molecule has 0 spiro atoms. The Morgan fingerprint density at radius 1 is 1.34 bits per heavy atom. The Bertz CT molecular complexity index is 1200. The van der Waals surface area contributed by atoms with Gasteiger partial charge in [-0.25, -0.2) is 18.4 Å².